The minimum atomic E-state index is 0.691. The summed E-state index contributed by atoms with van der Waals surface area (Å²) in [7, 11) is 0.733. The van der Waals surface area contributed by atoms with Crippen LogP contribution in [0.4, 0.5) is 11.4 Å². The highest BCUT2D eigenvalue weighted by molar-refractivity contribution is 6.17. The lowest BCUT2D eigenvalue weighted by atomic mass is 10.1. The van der Waals surface area contributed by atoms with E-state index in [0.717, 1.165) is 32.0 Å². The highest BCUT2D eigenvalue weighted by Crippen LogP contribution is 2.41. The van der Waals surface area contributed by atoms with E-state index in [2.05, 4.69) is 23.1 Å². The van der Waals surface area contributed by atoms with E-state index in [1.54, 1.807) is 0 Å². The molecule has 4 heteroatoms. The Hall–Kier alpha value is -1.94. The van der Waals surface area contributed by atoms with Crippen molar-refractivity contribution >= 4 is 19.1 Å². The number of anilines is 2. The standard InChI is InChI=1S/C14H13BNO2/c17-15-18-13-8-4-5-11-9-10-16(14(11)13)12-6-2-1-3-7-12/h1-8,17H,9-10H2. The zero-order valence-corrected chi connectivity index (χ0v) is 9.91. The molecule has 0 amide bonds. The highest BCUT2D eigenvalue weighted by Gasteiger charge is 2.24. The second kappa shape index (κ2) is 4.74. The first-order valence-corrected chi connectivity index (χ1v) is 5.97. The predicted molar refractivity (Wildman–Crippen MR) is 72.2 cm³/mol. The lowest BCUT2D eigenvalue weighted by Crippen LogP contribution is -2.14. The molecule has 0 aliphatic carbocycles. The first-order chi connectivity index (χ1) is 8.90. The maximum absolute atomic E-state index is 8.84. The van der Waals surface area contributed by atoms with Gasteiger partial charge in [0.05, 0.1) is 5.69 Å². The van der Waals surface area contributed by atoms with Crippen molar-refractivity contribution in [1.29, 1.82) is 0 Å². The molecule has 0 saturated carbocycles. The third-order valence-electron chi connectivity index (χ3n) is 3.20. The van der Waals surface area contributed by atoms with Crippen molar-refractivity contribution in [3.05, 3.63) is 54.1 Å². The Labute approximate surface area is 107 Å². The zero-order chi connectivity index (χ0) is 12.4. The van der Waals surface area contributed by atoms with Gasteiger partial charge in [0.25, 0.3) is 0 Å². The molecule has 1 aliphatic heterocycles. The number of benzene rings is 2. The fourth-order valence-electron chi connectivity index (χ4n) is 2.44. The summed E-state index contributed by atoms with van der Waals surface area (Å²) in [6.45, 7) is 0.936. The minimum absolute atomic E-state index is 0.691. The number of rotatable bonds is 3. The molecule has 89 valence electrons. The first kappa shape index (κ1) is 11.2. The van der Waals surface area contributed by atoms with Gasteiger partial charge in [-0.3, -0.25) is 0 Å². The number of para-hydroxylation sites is 2. The first-order valence-electron chi connectivity index (χ1n) is 5.97. The summed E-state index contributed by atoms with van der Waals surface area (Å²) in [5, 5.41) is 8.84. The summed E-state index contributed by atoms with van der Waals surface area (Å²) in [5.41, 5.74) is 3.44. The Morgan fingerprint density at radius 3 is 2.67 bits per heavy atom. The SMILES string of the molecule is O[B]Oc1cccc2c1N(c1ccccc1)CC2. The van der Waals surface area contributed by atoms with Crippen molar-refractivity contribution in [3.63, 3.8) is 0 Å². The summed E-state index contributed by atoms with van der Waals surface area (Å²) in [4.78, 5) is 2.22. The predicted octanol–water partition coefficient (Wildman–Crippen LogP) is 2.29. The van der Waals surface area contributed by atoms with Crippen LogP contribution in [0.1, 0.15) is 5.56 Å². The van der Waals surface area contributed by atoms with Gasteiger partial charge in [-0.2, -0.15) is 0 Å². The van der Waals surface area contributed by atoms with Gasteiger partial charge < -0.3 is 14.6 Å². The molecular formula is C14H13BNO2. The molecule has 0 bridgehead atoms. The van der Waals surface area contributed by atoms with Gasteiger partial charge in [0.2, 0.25) is 0 Å². The number of nitrogens with zero attached hydrogens (tertiary/aromatic N) is 1. The molecular weight excluding hydrogens is 225 g/mol. The van der Waals surface area contributed by atoms with Crippen molar-refractivity contribution in [3.8, 4) is 5.75 Å². The fourth-order valence-corrected chi connectivity index (χ4v) is 2.44. The Morgan fingerprint density at radius 2 is 1.89 bits per heavy atom. The maximum atomic E-state index is 8.84. The second-order valence-electron chi connectivity index (χ2n) is 4.22. The van der Waals surface area contributed by atoms with Crippen molar-refractivity contribution in [1.82, 2.24) is 0 Å². The quantitative estimate of drug-likeness (QED) is 0.832. The van der Waals surface area contributed by atoms with Crippen LogP contribution >= 0.6 is 0 Å². The third-order valence-corrected chi connectivity index (χ3v) is 3.20. The van der Waals surface area contributed by atoms with Crippen LogP contribution in [0.5, 0.6) is 5.75 Å². The number of hydrogen-bond donors (Lipinski definition) is 1. The van der Waals surface area contributed by atoms with E-state index in [1.165, 1.54) is 5.56 Å². The van der Waals surface area contributed by atoms with Crippen LogP contribution < -0.4 is 9.55 Å². The highest BCUT2D eigenvalue weighted by atomic mass is 16.5. The van der Waals surface area contributed by atoms with Crippen LogP contribution in [0.2, 0.25) is 0 Å². The lowest BCUT2D eigenvalue weighted by molar-refractivity contribution is 0.454. The topological polar surface area (TPSA) is 32.7 Å². The molecule has 3 rings (SSSR count). The van der Waals surface area contributed by atoms with Gasteiger partial charge in [0.1, 0.15) is 5.75 Å². The molecule has 3 nitrogen and oxygen atoms in total. The van der Waals surface area contributed by atoms with Crippen LogP contribution in [0, 0.1) is 0 Å². The smallest absolute Gasteiger partial charge is 0.536 e. The summed E-state index contributed by atoms with van der Waals surface area (Å²) in [5.74, 6) is 0.691. The average molecular weight is 238 g/mol. The van der Waals surface area contributed by atoms with E-state index in [4.69, 9.17) is 9.68 Å². The minimum Gasteiger partial charge on any atom is -0.536 e. The molecule has 1 aliphatic rings. The number of fused-ring (bicyclic) bond motifs is 1. The van der Waals surface area contributed by atoms with Gasteiger partial charge >= 0.3 is 7.69 Å². The van der Waals surface area contributed by atoms with Crippen LogP contribution in [0.25, 0.3) is 0 Å². The van der Waals surface area contributed by atoms with Gasteiger partial charge in [-0.1, -0.05) is 30.3 Å². The van der Waals surface area contributed by atoms with Gasteiger partial charge in [-0.05, 0) is 30.2 Å². The van der Waals surface area contributed by atoms with Crippen molar-refractivity contribution in [2.45, 2.75) is 6.42 Å². The van der Waals surface area contributed by atoms with Gasteiger partial charge in [0.15, 0.2) is 0 Å². The molecule has 0 atom stereocenters. The molecule has 2 aromatic rings. The van der Waals surface area contributed by atoms with Gasteiger partial charge in [-0.15, -0.1) is 0 Å². The monoisotopic (exact) mass is 238 g/mol. The Balaban J connectivity index is 2.05. The van der Waals surface area contributed by atoms with Crippen LogP contribution in [0.15, 0.2) is 48.5 Å². The lowest BCUT2D eigenvalue weighted by Gasteiger charge is -2.21. The van der Waals surface area contributed by atoms with Crippen molar-refractivity contribution < 1.29 is 9.68 Å². The Bertz CT molecular complexity index is 545. The van der Waals surface area contributed by atoms with Gasteiger partial charge in [-0.25, -0.2) is 0 Å². The molecule has 2 aromatic carbocycles. The normalized spacial score (nSPS) is 13.3. The van der Waals surface area contributed by atoms with Gasteiger partial charge in [0, 0.05) is 12.2 Å². The summed E-state index contributed by atoms with van der Waals surface area (Å²) < 4.78 is 5.19. The molecule has 1 N–H and O–H groups in total. The Kier molecular flexibility index (Phi) is 2.94. The molecule has 0 saturated heterocycles. The molecule has 0 spiro atoms. The van der Waals surface area contributed by atoms with Crippen LogP contribution in [0.3, 0.4) is 0 Å². The van der Waals surface area contributed by atoms with Crippen molar-refractivity contribution in [2.75, 3.05) is 11.4 Å². The van der Waals surface area contributed by atoms with E-state index in [0.29, 0.717) is 5.75 Å². The molecule has 0 aromatic heterocycles. The summed E-state index contributed by atoms with van der Waals surface area (Å²) >= 11 is 0. The van der Waals surface area contributed by atoms with E-state index in [9.17, 15) is 0 Å². The maximum Gasteiger partial charge on any atom is 0.569 e. The molecule has 18 heavy (non-hydrogen) atoms. The van der Waals surface area contributed by atoms with E-state index in [-0.39, 0.29) is 0 Å². The van der Waals surface area contributed by atoms with E-state index < -0.39 is 0 Å². The Morgan fingerprint density at radius 1 is 1.06 bits per heavy atom. The van der Waals surface area contributed by atoms with E-state index >= 15 is 0 Å². The fraction of sp³-hybridized carbons (Fsp3) is 0.143. The molecule has 0 fully saturated rings. The molecule has 1 heterocycles. The molecule has 1 radical (unpaired) electrons. The largest absolute Gasteiger partial charge is 0.569 e. The third kappa shape index (κ3) is 1.85. The van der Waals surface area contributed by atoms with Crippen molar-refractivity contribution in [2.24, 2.45) is 0 Å². The molecule has 0 unspecified atom stereocenters. The summed E-state index contributed by atoms with van der Waals surface area (Å²) in [6.07, 6.45) is 0.993. The van der Waals surface area contributed by atoms with Crippen LogP contribution in [-0.2, 0) is 6.42 Å². The average Bonchev–Trinajstić information content (AvgIpc) is 2.85. The van der Waals surface area contributed by atoms with E-state index in [1.807, 2.05) is 30.3 Å². The van der Waals surface area contributed by atoms with Crippen LogP contribution in [-0.4, -0.2) is 19.3 Å². The number of hydrogen-bond acceptors (Lipinski definition) is 3. The summed E-state index contributed by atoms with van der Waals surface area (Å²) in [6, 6.07) is 16.1. The zero-order valence-electron chi connectivity index (χ0n) is 9.91. The second-order valence-corrected chi connectivity index (χ2v) is 4.22.